The second kappa shape index (κ2) is 64.3. The normalized spacial score (nSPS) is 12.9. The number of aliphatic hydroxyl groups is 2. The van der Waals surface area contributed by atoms with E-state index in [9.17, 15) is 19.8 Å². The smallest absolute Gasteiger partial charge is 0.305 e. The topological polar surface area (TPSA) is 95.9 Å². The molecule has 0 aromatic carbocycles. The monoisotopic (exact) mass is 1050 g/mol. The first-order valence-electron chi connectivity index (χ1n) is 33.4. The number of unbranched alkanes of at least 4 members (excludes halogenated alkanes) is 45. The molecule has 0 radical (unpaired) electrons. The van der Waals surface area contributed by atoms with E-state index < -0.39 is 12.1 Å². The number of carbonyl (C=O) groups excluding carboxylic acids is 2. The highest BCUT2D eigenvalue weighted by atomic mass is 16.5. The number of esters is 1. The summed E-state index contributed by atoms with van der Waals surface area (Å²) in [6.45, 7) is 4.90. The molecule has 2 atom stereocenters. The molecule has 0 saturated carbocycles. The molecule has 0 spiro atoms. The minimum Gasteiger partial charge on any atom is -0.466 e. The summed E-state index contributed by atoms with van der Waals surface area (Å²) in [5.41, 5.74) is 0. The van der Waals surface area contributed by atoms with Crippen LogP contribution in [0.5, 0.6) is 0 Å². The van der Waals surface area contributed by atoms with Crippen molar-refractivity contribution in [1.82, 2.24) is 5.32 Å². The molecule has 0 fully saturated rings. The van der Waals surface area contributed by atoms with Crippen molar-refractivity contribution in [3.8, 4) is 0 Å². The fourth-order valence-corrected chi connectivity index (χ4v) is 10.2. The standard InChI is InChI=1S/C69H129NO5/c1-3-5-7-9-11-13-15-17-34-39-43-47-51-55-59-63-69(74)75-64-60-56-52-48-44-40-36-33-31-29-27-25-23-21-19-20-22-24-26-28-30-32-35-38-42-46-50-54-58-62-68(73)70-66(65-71)67(72)61-57-53-49-45-41-37-18-16-14-12-10-8-6-4-2/h17,19,21,25,27,34,57,61,66-67,71-72H,3-16,18,20,22-24,26,28-33,35-56,58-60,62-65H2,1-2H3,(H,70,73)/b21-19-,27-25-,34-17-,61-57+. The molecule has 0 aromatic heterocycles. The predicted molar refractivity (Wildman–Crippen MR) is 329 cm³/mol. The molecule has 0 bridgehead atoms. The average molecular weight is 1050 g/mol. The number of aliphatic hydroxyl groups excluding tert-OH is 2. The van der Waals surface area contributed by atoms with Crippen molar-refractivity contribution in [3.05, 3.63) is 48.6 Å². The van der Waals surface area contributed by atoms with Gasteiger partial charge in [0, 0.05) is 12.8 Å². The van der Waals surface area contributed by atoms with E-state index in [1.54, 1.807) is 6.08 Å². The molecule has 0 aromatic rings. The fourth-order valence-electron chi connectivity index (χ4n) is 10.2. The van der Waals surface area contributed by atoms with Crippen LogP contribution in [0, 0.1) is 0 Å². The summed E-state index contributed by atoms with van der Waals surface area (Å²) in [4.78, 5) is 24.5. The van der Waals surface area contributed by atoms with Crippen molar-refractivity contribution in [2.75, 3.05) is 13.2 Å². The van der Waals surface area contributed by atoms with Crippen molar-refractivity contribution < 1.29 is 24.5 Å². The molecule has 0 heterocycles. The van der Waals surface area contributed by atoms with Gasteiger partial charge in [-0.2, -0.15) is 0 Å². The third-order valence-corrected chi connectivity index (χ3v) is 15.3. The van der Waals surface area contributed by atoms with Crippen LogP contribution in [0.1, 0.15) is 354 Å². The minimum atomic E-state index is -0.845. The van der Waals surface area contributed by atoms with Gasteiger partial charge in [-0.3, -0.25) is 9.59 Å². The van der Waals surface area contributed by atoms with Crippen molar-refractivity contribution >= 4 is 11.9 Å². The fraction of sp³-hybridized carbons (Fsp3) is 0.855. The number of ether oxygens (including phenoxy) is 1. The van der Waals surface area contributed by atoms with E-state index in [4.69, 9.17) is 4.74 Å². The largest absolute Gasteiger partial charge is 0.466 e. The van der Waals surface area contributed by atoms with E-state index in [1.807, 2.05) is 6.08 Å². The van der Waals surface area contributed by atoms with Crippen molar-refractivity contribution in [2.24, 2.45) is 0 Å². The molecule has 6 heteroatoms. The third kappa shape index (κ3) is 60.9. The van der Waals surface area contributed by atoms with Crippen LogP contribution < -0.4 is 5.32 Å². The van der Waals surface area contributed by atoms with Crippen molar-refractivity contribution in [2.45, 2.75) is 366 Å². The SMILES string of the molecule is CCCCCCCC/C=C\CCCCCCCC(=O)OCCCCCCCCCCC/C=C\C/C=C\CCCCCCCCCCCCCCCC(=O)NC(CO)C(O)/C=C/CCCCCCCCCCCCCC. The average Bonchev–Trinajstić information content (AvgIpc) is 3.41. The second-order valence-corrected chi connectivity index (χ2v) is 22.8. The molecule has 440 valence electrons. The number of hydrogen-bond acceptors (Lipinski definition) is 5. The van der Waals surface area contributed by atoms with E-state index in [0.717, 1.165) is 51.4 Å². The third-order valence-electron chi connectivity index (χ3n) is 15.3. The van der Waals surface area contributed by atoms with Gasteiger partial charge < -0.3 is 20.3 Å². The summed E-state index contributed by atoms with van der Waals surface area (Å²) in [7, 11) is 0. The molecular weight excluding hydrogens is 923 g/mol. The van der Waals surface area contributed by atoms with Gasteiger partial charge in [0.15, 0.2) is 0 Å². The van der Waals surface area contributed by atoms with Gasteiger partial charge in [0.25, 0.3) is 0 Å². The highest BCUT2D eigenvalue weighted by Gasteiger charge is 2.18. The second-order valence-electron chi connectivity index (χ2n) is 22.8. The summed E-state index contributed by atoms with van der Waals surface area (Å²) >= 11 is 0. The lowest BCUT2D eigenvalue weighted by molar-refractivity contribution is -0.143. The lowest BCUT2D eigenvalue weighted by atomic mass is 10.0. The highest BCUT2D eigenvalue weighted by molar-refractivity contribution is 5.76. The molecule has 2 unspecified atom stereocenters. The first-order chi connectivity index (χ1) is 37.0. The molecule has 0 aliphatic carbocycles. The van der Waals surface area contributed by atoms with E-state index in [2.05, 4.69) is 55.6 Å². The summed E-state index contributed by atoms with van der Waals surface area (Å²) in [6.07, 6.45) is 83.2. The molecule has 1 amide bonds. The Morgan fingerprint density at radius 3 is 1.03 bits per heavy atom. The van der Waals surface area contributed by atoms with Crippen LogP contribution in [0.4, 0.5) is 0 Å². The van der Waals surface area contributed by atoms with Crippen LogP contribution in [-0.2, 0) is 14.3 Å². The Morgan fingerprint density at radius 2 is 0.667 bits per heavy atom. The van der Waals surface area contributed by atoms with Crippen molar-refractivity contribution in [3.63, 3.8) is 0 Å². The number of nitrogens with one attached hydrogen (secondary N) is 1. The van der Waals surface area contributed by atoms with E-state index in [-0.39, 0.29) is 18.5 Å². The van der Waals surface area contributed by atoms with Crippen LogP contribution in [-0.4, -0.2) is 47.4 Å². The number of amides is 1. The number of carbonyl (C=O) groups is 2. The van der Waals surface area contributed by atoms with Gasteiger partial charge in [0.2, 0.25) is 5.91 Å². The Balaban J connectivity index is 3.42. The summed E-state index contributed by atoms with van der Waals surface area (Å²) < 4.78 is 5.48. The van der Waals surface area contributed by atoms with E-state index >= 15 is 0 Å². The van der Waals surface area contributed by atoms with Crippen LogP contribution >= 0.6 is 0 Å². The van der Waals surface area contributed by atoms with E-state index in [0.29, 0.717) is 19.4 Å². The molecule has 0 saturated heterocycles. The Hall–Kier alpha value is -2.18. The maximum atomic E-state index is 12.5. The zero-order chi connectivity index (χ0) is 54.3. The summed E-state index contributed by atoms with van der Waals surface area (Å²) in [5.74, 6) is -0.0646. The van der Waals surface area contributed by atoms with Gasteiger partial charge in [-0.05, 0) is 89.9 Å². The van der Waals surface area contributed by atoms with Gasteiger partial charge in [-0.25, -0.2) is 0 Å². The zero-order valence-corrected chi connectivity index (χ0v) is 50.3. The van der Waals surface area contributed by atoms with Gasteiger partial charge in [-0.15, -0.1) is 0 Å². The molecule has 0 aliphatic rings. The van der Waals surface area contributed by atoms with Crippen LogP contribution in [0.3, 0.4) is 0 Å². The molecule has 3 N–H and O–H groups in total. The molecule has 0 rings (SSSR count). The molecule has 6 nitrogen and oxygen atoms in total. The zero-order valence-electron chi connectivity index (χ0n) is 50.3. The number of hydrogen-bond donors (Lipinski definition) is 3. The lowest BCUT2D eigenvalue weighted by Crippen LogP contribution is -2.45. The van der Waals surface area contributed by atoms with Gasteiger partial charge in [-0.1, -0.05) is 300 Å². The first-order valence-corrected chi connectivity index (χ1v) is 33.4. The van der Waals surface area contributed by atoms with Crippen LogP contribution in [0.2, 0.25) is 0 Å². The van der Waals surface area contributed by atoms with Gasteiger partial charge in [0.1, 0.15) is 0 Å². The Morgan fingerprint density at radius 1 is 0.373 bits per heavy atom. The summed E-state index contributed by atoms with van der Waals surface area (Å²) in [6, 6.07) is -0.629. The maximum Gasteiger partial charge on any atom is 0.305 e. The summed E-state index contributed by atoms with van der Waals surface area (Å²) in [5, 5.41) is 23.1. The van der Waals surface area contributed by atoms with Crippen LogP contribution in [0.25, 0.3) is 0 Å². The first kappa shape index (κ1) is 72.8. The number of rotatable bonds is 62. The minimum absolute atomic E-state index is 0.00363. The van der Waals surface area contributed by atoms with Crippen molar-refractivity contribution in [1.29, 1.82) is 0 Å². The van der Waals surface area contributed by atoms with Gasteiger partial charge in [0.05, 0.1) is 25.4 Å². The Labute approximate surface area is 467 Å². The van der Waals surface area contributed by atoms with Gasteiger partial charge >= 0.3 is 5.97 Å². The predicted octanol–water partition coefficient (Wildman–Crippen LogP) is 21.3. The Kier molecular flexibility index (Phi) is 62.5. The quantitative estimate of drug-likeness (QED) is 0.0320. The van der Waals surface area contributed by atoms with Crippen LogP contribution in [0.15, 0.2) is 48.6 Å². The highest BCUT2D eigenvalue weighted by Crippen LogP contribution is 2.17. The number of allylic oxidation sites excluding steroid dienone is 7. The Bertz CT molecular complexity index is 1260. The van der Waals surface area contributed by atoms with E-state index in [1.165, 1.54) is 276 Å². The molecule has 0 aliphatic heterocycles. The molecule has 75 heavy (non-hydrogen) atoms. The molecular formula is C69H129NO5. The lowest BCUT2D eigenvalue weighted by Gasteiger charge is -2.20. The maximum absolute atomic E-state index is 12.5.